The van der Waals surface area contributed by atoms with Gasteiger partial charge in [0, 0.05) is 79.1 Å². The Morgan fingerprint density at radius 2 is 0.638 bits per heavy atom. The van der Waals surface area contributed by atoms with Gasteiger partial charge in [-0.05, 0) is 89.6 Å². The molecular weight excluding hydrogens is 1160 g/mol. The van der Waals surface area contributed by atoms with Crippen molar-refractivity contribution in [3.8, 4) is 91.1 Å². The molecule has 0 spiro atoms. The van der Waals surface area contributed by atoms with E-state index < -0.39 is 0 Å². The van der Waals surface area contributed by atoms with Crippen LogP contribution in [-0.2, 0) is 0 Å². The molecule has 0 atom stereocenters. The van der Waals surface area contributed by atoms with E-state index in [1.165, 1.54) is 0 Å². The molecule has 0 fully saturated rings. The van der Waals surface area contributed by atoms with Gasteiger partial charge in [0.05, 0.1) is 50.4 Å². The molecule has 440 valence electrons. The van der Waals surface area contributed by atoms with Gasteiger partial charge >= 0.3 is 0 Å². The summed E-state index contributed by atoms with van der Waals surface area (Å²) in [5, 5.41) is 8.89. The molecule has 0 aliphatic rings. The molecule has 19 rings (SSSR count). The number of rotatable bonds is 9. The van der Waals surface area contributed by atoms with Gasteiger partial charge in [0.2, 0.25) is 0 Å². The zero-order valence-electron chi connectivity index (χ0n) is 50.0. The molecule has 0 radical (unpaired) electrons. The summed E-state index contributed by atoms with van der Waals surface area (Å²) < 4.78 is 17.5. The van der Waals surface area contributed by atoms with E-state index in [1.807, 2.05) is 207 Å². The van der Waals surface area contributed by atoms with E-state index in [0.29, 0.717) is 34.9 Å². The summed E-state index contributed by atoms with van der Waals surface area (Å²) in [6.07, 6.45) is 7.35. The van der Waals surface area contributed by atoms with Crippen molar-refractivity contribution in [3.05, 3.63) is 298 Å². The van der Waals surface area contributed by atoms with Gasteiger partial charge in [-0.3, -0.25) is 14.5 Å². The molecule has 13 heteroatoms. The number of nitrogens with zero attached hydrogens (tertiary/aromatic N) is 11. The van der Waals surface area contributed by atoms with E-state index in [0.717, 1.165) is 144 Å². The quantitative estimate of drug-likeness (QED) is 0.136. The predicted molar refractivity (Wildman–Crippen MR) is 374 cm³/mol. The average Bonchev–Trinajstić information content (AvgIpc) is 1.58. The summed E-state index contributed by atoms with van der Waals surface area (Å²) in [5.41, 5.74) is 15.5. The Balaban J connectivity index is 0.000000139. The van der Waals surface area contributed by atoms with Crippen molar-refractivity contribution < 1.29 is 8.83 Å². The van der Waals surface area contributed by atoms with Gasteiger partial charge in [0.1, 0.15) is 28.1 Å². The first-order valence-corrected chi connectivity index (χ1v) is 30.9. The molecule has 9 aromatic heterocycles. The number of hydrogen-bond acceptors (Lipinski definition) is 11. The molecule has 0 bridgehead atoms. The van der Waals surface area contributed by atoms with Crippen molar-refractivity contribution >= 4 is 87.5 Å². The molecule has 0 saturated carbocycles. The first-order chi connectivity index (χ1) is 46.6. The Kier molecular flexibility index (Phi) is 12.8. The molecule has 10 aromatic carbocycles. The molecule has 0 saturated heterocycles. The minimum Gasteiger partial charge on any atom is -0.456 e. The van der Waals surface area contributed by atoms with Crippen LogP contribution in [0.15, 0.2) is 307 Å². The first-order valence-electron chi connectivity index (χ1n) is 30.9. The van der Waals surface area contributed by atoms with Crippen LogP contribution in [0.2, 0.25) is 0 Å². The lowest BCUT2D eigenvalue weighted by molar-refractivity contribution is 0.663. The van der Waals surface area contributed by atoms with Gasteiger partial charge in [0.25, 0.3) is 0 Å². The molecule has 0 N–H and O–H groups in total. The van der Waals surface area contributed by atoms with Crippen molar-refractivity contribution in [2.45, 2.75) is 0 Å². The molecule has 0 unspecified atom stereocenters. The fourth-order valence-corrected chi connectivity index (χ4v) is 13.1. The number of para-hydroxylation sites is 2. The van der Waals surface area contributed by atoms with Crippen LogP contribution in [0.25, 0.3) is 179 Å². The standard InChI is InChI=1S/C43H26N6O.C38H23N5O/c1-3-11-27(12-4-1)41-46-42(28-13-5-2-6-14-28)48-43(47-41)30-22-23-44-33(25-30)29-21-24-45-38(26-29)49-34-17-9-16-32-31-15-7-8-19-36(31)50-37-20-10-18-35(49)40(37)39(32)34;1-3-11-24(12-4-1)36-40-37(25-13-5-2-6-14-25)42-38(41-36)26-21-27(23-39-22-26)43-30-17-9-16-29-28-15-7-8-19-32(28)44-33-20-10-18-31(43)35(33)34(29)30/h1-26H;1-23H. The SMILES string of the molecule is c1ccc(-c2nc(-c3ccccc3)nc(-c3ccnc(-c4ccnc(-n5c6cccc7oc8ccccc8c8cccc5c8c76)c4)c3)n2)cc1.c1ccc(-c2nc(-c3ccccc3)nc(-c3cncc(-n4c5cccc6oc7ccccc7c7cccc4c7c65)c3)n2)cc1. The zero-order chi connectivity index (χ0) is 62.1. The Morgan fingerprint density at radius 1 is 0.255 bits per heavy atom. The van der Waals surface area contributed by atoms with Crippen molar-refractivity contribution in [1.29, 1.82) is 0 Å². The molecular formula is C81H49N11O2. The number of hydrogen-bond donors (Lipinski definition) is 0. The van der Waals surface area contributed by atoms with Gasteiger partial charge in [-0.2, -0.15) is 0 Å². The second-order valence-corrected chi connectivity index (χ2v) is 22.9. The molecule has 19 aromatic rings. The maximum atomic E-state index is 6.53. The lowest BCUT2D eigenvalue weighted by atomic mass is 10.1. The Hall–Kier alpha value is -13.1. The van der Waals surface area contributed by atoms with Crippen molar-refractivity contribution in [2.75, 3.05) is 0 Å². The van der Waals surface area contributed by atoms with Crippen LogP contribution in [0, 0.1) is 0 Å². The van der Waals surface area contributed by atoms with Gasteiger partial charge in [-0.15, -0.1) is 0 Å². The third-order valence-electron chi connectivity index (χ3n) is 17.3. The molecule has 0 aliphatic heterocycles. The third-order valence-corrected chi connectivity index (χ3v) is 17.3. The maximum Gasteiger partial charge on any atom is 0.165 e. The fraction of sp³-hybridized carbons (Fsp3) is 0. The zero-order valence-corrected chi connectivity index (χ0v) is 50.0. The van der Waals surface area contributed by atoms with E-state index in [2.05, 4.69) is 94.1 Å². The number of pyridine rings is 3. The highest BCUT2D eigenvalue weighted by Gasteiger charge is 2.23. The molecule has 0 amide bonds. The van der Waals surface area contributed by atoms with Crippen LogP contribution in [-0.4, -0.2) is 54.0 Å². The topological polar surface area (TPSA) is 152 Å². The van der Waals surface area contributed by atoms with Crippen LogP contribution in [0.4, 0.5) is 0 Å². The van der Waals surface area contributed by atoms with Gasteiger partial charge in [0.15, 0.2) is 34.9 Å². The summed E-state index contributed by atoms with van der Waals surface area (Å²) in [6.45, 7) is 0. The minimum absolute atomic E-state index is 0.563. The Labute approximate surface area is 536 Å². The van der Waals surface area contributed by atoms with Crippen LogP contribution in [0.1, 0.15) is 0 Å². The average molecular weight is 1210 g/mol. The van der Waals surface area contributed by atoms with Crippen molar-refractivity contribution in [1.82, 2.24) is 54.0 Å². The lowest BCUT2D eigenvalue weighted by Gasteiger charge is -2.11. The highest BCUT2D eigenvalue weighted by molar-refractivity contribution is 6.28. The summed E-state index contributed by atoms with van der Waals surface area (Å²) >= 11 is 0. The predicted octanol–water partition coefficient (Wildman–Crippen LogP) is 19.6. The van der Waals surface area contributed by atoms with E-state index in [9.17, 15) is 0 Å². The highest BCUT2D eigenvalue weighted by atomic mass is 16.3. The Morgan fingerprint density at radius 3 is 1.15 bits per heavy atom. The van der Waals surface area contributed by atoms with Crippen molar-refractivity contribution in [3.63, 3.8) is 0 Å². The minimum atomic E-state index is 0.563. The van der Waals surface area contributed by atoms with Gasteiger partial charge in [-0.25, -0.2) is 34.9 Å². The number of benzene rings is 10. The maximum absolute atomic E-state index is 6.53. The first kappa shape index (κ1) is 53.9. The smallest absolute Gasteiger partial charge is 0.165 e. The summed E-state index contributed by atoms with van der Waals surface area (Å²) in [4.78, 5) is 43.8. The second kappa shape index (κ2) is 22.4. The summed E-state index contributed by atoms with van der Waals surface area (Å²) in [6, 6.07) is 91.9. The molecule has 0 aliphatic carbocycles. The highest BCUT2D eigenvalue weighted by Crippen LogP contribution is 2.43. The molecule has 94 heavy (non-hydrogen) atoms. The Bertz CT molecular complexity index is 6010. The van der Waals surface area contributed by atoms with Crippen LogP contribution in [0.3, 0.4) is 0 Å². The lowest BCUT2D eigenvalue weighted by Crippen LogP contribution is -2.01. The monoisotopic (exact) mass is 1210 g/mol. The van der Waals surface area contributed by atoms with E-state index >= 15 is 0 Å². The number of aromatic nitrogens is 11. The van der Waals surface area contributed by atoms with Gasteiger partial charge in [-0.1, -0.05) is 194 Å². The molecule has 13 nitrogen and oxygen atoms in total. The summed E-state index contributed by atoms with van der Waals surface area (Å²) in [7, 11) is 0. The normalized spacial score (nSPS) is 11.6. The van der Waals surface area contributed by atoms with Crippen molar-refractivity contribution in [2.24, 2.45) is 0 Å². The number of fused-ring (bicyclic) bond motifs is 4. The van der Waals surface area contributed by atoms with E-state index in [4.69, 9.17) is 53.7 Å². The van der Waals surface area contributed by atoms with E-state index in [1.54, 1.807) is 6.20 Å². The van der Waals surface area contributed by atoms with Crippen LogP contribution >= 0.6 is 0 Å². The largest absolute Gasteiger partial charge is 0.456 e. The molecule has 9 heterocycles. The second-order valence-electron chi connectivity index (χ2n) is 22.9. The third kappa shape index (κ3) is 9.29. The van der Waals surface area contributed by atoms with Gasteiger partial charge < -0.3 is 13.4 Å². The van der Waals surface area contributed by atoms with Crippen LogP contribution in [0.5, 0.6) is 0 Å². The van der Waals surface area contributed by atoms with Crippen LogP contribution < -0.4 is 0 Å². The van der Waals surface area contributed by atoms with E-state index in [-0.39, 0.29) is 0 Å². The fourth-order valence-electron chi connectivity index (χ4n) is 13.1. The summed E-state index contributed by atoms with van der Waals surface area (Å²) in [5.74, 6) is 4.39.